The van der Waals surface area contributed by atoms with Crippen LogP contribution in [0.4, 0.5) is 5.82 Å². The standard InChI is InChI=1S/C18H18N6O/c1-12-6-4-5-7-13(12)14-8-19-15(25-14)9-24-11-22-16-17(23(2)3)20-10-21-18(16)24/h4-8,10-11H,9H2,1-3H3. The average Bonchev–Trinajstić information content (AvgIpc) is 3.23. The van der Waals surface area contributed by atoms with Crippen molar-refractivity contribution in [3.63, 3.8) is 0 Å². The normalized spacial score (nSPS) is 11.2. The third kappa shape index (κ3) is 2.73. The van der Waals surface area contributed by atoms with Crippen molar-refractivity contribution in [2.75, 3.05) is 19.0 Å². The molecule has 7 nitrogen and oxygen atoms in total. The first-order valence-corrected chi connectivity index (χ1v) is 7.97. The maximum Gasteiger partial charge on any atom is 0.214 e. The highest BCUT2D eigenvalue weighted by Gasteiger charge is 2.14. The molecule has 4 rings (SSSR count). The summed E-state index contributed by atoms with van der Waals surface area (Å²) in [4.78, 5) is 19.4. The Morgan fingerprint density at radius 3 is 2.72 bits per heavy atom. The first-order valence-electron chi connectivity index (χ1n) is 7.97. The van der Waals surface area contributed by atoms with Gasteiger partial charge in [-0.25, -0.2) is 19.9 Å². The Kier molecular flexibility index (Phi) is 3.68. The monoisotopic (exact) mass is 334 g/mol. The third-order valence-electron chi connectivity index (χ3n) is 4.08. The number of aryl methyl sites for hydroxylation is 1. The fourth-order valence-corrected chi connectivity index (χ4v) is 2.81. The Hall–Kier alpha value is -3.22. The number of hydrogen-bond donors (Lipinski definition) is 0. The van der Waals surface area contributed by atoms with Crippen LogP contribution in [0.1, 0.15) is 11.5 Å². The smallest absolute Gasteiger partial charge is 0.214 e. The quantitative estimate of drug-likeness (QED) is 0.571. The molecular weight excluding hydrogens is 316 g/mol. The Labute approximate surface area is 145 Å². The lowest BCUT2D eigenvalue weighted by Crippen LogP contribution is -2.11. The Morgan fingerprint density at radius 1 is 1.08 bits per heavy atom. The van der Waals surface area contributed by atoms with Crippen LogP contribution in [-0.4, -0.2) is 38.6 Å². The second kappa shape index (κ2) is 6.01. The number of hydrogen-bond acceptors (Lipinski definition) is 6. The molecule has 0 radical (unpaired) electrons. The van der Waals surface area contributed by atoms with Crippen LogP contribution in [0.5, 0.6) is 0 Å². The van der Waals surface area contributed by atoms with E-state index < -0.39 is 0 Å². The summed E-state index contributed by atoms with van der Waals surface area (Å²) in [6, 6.07) is 8.09. The summed E-state index contributed by atoms with van der Waals surface area (Å²) in [6.45, 7) is 2.52. The highest BCUT2D eigenvalue weighted by Crippen LogP contribution is 2.25. The van der Waals surface area contributed by atoms with E-state index in [9.17, 15) is 0 Å². The molecule has 0 amide bonds. The number of anilines is 1. The van der Waals surface area contributed by atoms with Gasteiger partial charge in [-0.3, -0.25) is 0 Å². The molecule has 0 aliphatic rings. The molecule has 0 spiro atoms. The van der Waals surface area contributed by atoms with Crippen LogP contribution >= 0.6 is 0 Å². The molecule has 3 heterocycles. The maximum atomic E-state index is 5.94. The van der Waals surface area contributed by atoms with Crippen molar-refractivity contribution in [2.45, 2.75) is 13.5 Å². The van der Waals surface area contributed by atoms with Crippen LogP contribution in [0.3, 0.4) is 0 Å². The zero-order valence-electron chi connectivity index (χ0n) is 14.3. The van der Waals surface area contributed by atoms with E-state index in [4.69, 9.17) is 4.42 Å². The minimum Gasteiger partial charge on any atom is -0.439 e. The van der Waals surface area contributed by atoms with Crippen LogP contribution < -0.4 is 4.90 Å². The van der Waals surface area contributed by atoms with Gasteiger partial charge >= 0.3 is 0 Å². The van der Waals surface area contributed by atoms with Gasteiger partial charge in [0.1, 0.15) is 12.9 Å². The summed E-state index contributed by atoms with van der Waals surface area (Å²) in [5.74, 6) is 2.17. The minimum absolute atomic E-state index is 0.465. The third-order valence-corrected chi connectivity index (χ3v) is 4.08. The zero-order valence-corrected chi connectivity index (χ0v) is 14.3. The predicted molar refractivity (Wildman–Crippen MR) is 95.4 cm³/mol. The number of nitrogens with zero attached hydrogens (tertiary/aromatic N) is 6. The Morgan fingerprint density at radius 2 is 1.92 bits per heavy atom. The number of aromatic nitrogens is 5. The predicted octanol–water partition coefficient (Wildman–Crippen LogP) is 2.90. The second-order valence-electron chi connectivity index (χ2n) is 6.07. The molecule has 3 aromatic heterocycles. The summed E-state index contributed by atoms with van der Waals surface area (Å²) in [6.07, 6.45) is 5.05. The largest absolute Gasteiger partial charge is 0.439 e. The van der Waals surface area contributed by atoms with Gasteiger partial charge in [-0.15, -0.1) is 0 Å². The van der Waals surface area contributed by atoms with E-state index in [0.29, 0.717) is 12.4 Å². The van der Waals surface area contributed by atoms with Gasteiger partial charge in [0.05, 0.1) is 12.5 Å². The lowest BCUT2D eigenvalue weighted by molar-refractivity contribution is 0.491. The molecule has 0 saturated heterocycles. The van der Waals surface area contributed by atoms with E-state index in [-0.39, 0.29) is 0 Å². The van der Waals surface area contributed by atoms with E-state index in [2.05, 4.69) is 32.9 Å². The van der Waals surface area contributed by atoms with Crippen molar-refractivity contribution in [3.8, 4) is 11.3 Å². The number of fused-ring (bicyclic) bond motifs is 1. The number of imidazole rings is 1. The van der Waals surface area contributed by atoms with Gasteiger partial charge in [0.25, 0.3) is 0 Å². The lowest BCUT2D eigenvalue weighted by Gasteiger charge is -2.10. The molecule has 4 aromatic rings. The molecular formula is C18H18N6O. The van der Waals surface area contributed by atoms with Crippen LogP contribution in [0.2, 0.25) is 0 Å². The summed E-state index contributed by atoms with van der Waals surface area (Å²) in [5, 5.41) is 0. The Bertz CT molecular complexity index is 1030. The van der Waals surface area contributed by atoms with Gasteiger partial charge in [0.2, 0.25) is 5.89 Å². The van der Waals surface area contributed by atoms with Gasteiger partial charge in [0.15, 0.2) is 22.7 Å². The molecule has 0 aliphatic carbocycles. The molecule has 0 fully saturated rings. The van der Waals surface area contributed by atoms with Crippen LogP contribution in [0, 0.1) is 6.92 Å². The maximum absolute atomic E-state index is 5.94. The van der Waals surface area contributed by atoms with Gasteiger partial charge < -0.3 is 13.9 Å². The van der Waals surface area contributed by atoms with Crippen LogP contribution in [0.15, 0.2) is 47.5 Å². The fraction of sp³-hybridized carbons (Fsp3) is 0.222. The molecule has 0 bridgehead atoms. The van der Waals surface area contributed by atoms with Gasteiger partial charge in [0, 0.05) is 19.7 Å². The highest BCUT2D eigenvalue weighted by atomic mass is 16.4. The lowest BCUT2D eigenvalue weighted by atomic mass is 10.1. The molecule has 25 heavy (non-hydrogen) atoms. The molecule has 1 aromatic carbocycles. The van der Waals surface area contributed by atoms with Gasteiger partial charge in [-0.1, -0.05) is 24.3 Å². The molecule has 126 valence electrons. The molecule has 0 aliphatic heterocycles. The van der Waals surface area contributed by atoms with Crippen molar-refractivity contribution in [2.24, 2.45) is 0 Å². The Balaban J connectivity index is 1.67. The van der Waals surface area contributed by atoms with Crippen LogP contribution in [-0.2, 0) is 6.54 Å². The first kappa shape index (κ1) is 15.3. The zero-order chi connectivity index (χ0) is 17.4. The fourth-order valence-electron chi connectivity index (χ4n) is 2.81. The minimum atomic E-state index is 0.465. The van der Waals surface area contributed by atoms with Crippen molar-refractivity contribution >= 4 is 17.0 Å². The average molecular weight is 334 g/mol. The van der Waals surface area contributed by atoms with E-state index >= 15 is 0 Å². The summed E-state index contributed by atoms with van der Waals surface area (Å²) >= 11 is 0. The molecule has 0 unspecified atom stereocenters. The van der Waals surface area contributed by atoms with Gasteiger partial charge in [-0.05, 0) is 12.5 Å². The van der Waals surface area contributed by atoms with Crippen molar-refractivity contribution < 1.29 is 4.42 Å². The topological polar surface area (TPSA) is 72.9 Å². The molecule has 0 N–H and O–H groups in total. The summed E-state index contributed by atoms with van der Waals surface area (Å²) < 4.78 is 7.85. The van der Waals surface area contributed by atoms with Crippen molar-refractivity contribution in [3.05, 3.63) is 54.6 Å². The van der Waals surface area contributed by atoms with Gasteiger partial charge in [-0.2, -0.15) is 0 Å². The van der Waals surface area contributed by atoms with E-state index in [0.717, 1.165) is 33.9 Å². The van der Waals surface area contributed by atoms with E-state index in [1.165, 1.54) is 0 Å². The number of oxazole rings is 1. The van der Waals surface area contributed by atoms with Crippen molar-refractivity contribution in [1.29, 1.82) is 0 Å². The first-order chi connectivity index (χ1) is 12.1. The highest BCUT2D eigenvalue weighted by molar-refractivity contribution is 5.83. The van der Waals surface area contributed by atoms with E-state index in [1.54, 1.807) is 18.9 Å². The number of rotatable bonds is 4. The summed E-state index contributed by atoms with van der Waals surface area (Å²) in [5.41, 5.74) is 3.73. The molecule has 0 saturated carbocycles. The molecule has 0 atom stereocenters. The SMILES string of the molecule is Cc1ccccc1-c1cnc(Cn2cnc3c(N(C)C)ncnc32)o1. The molecule has 7 heteroatoms. The summed E-state index contributed by atoms with van der Waals surface area (Å²) in [7, 11) is 3.87. The number of benzene rings is 1. The van der Waals surface area contributed by atoms with Crippen molar-refractivity contribution in [1.82, 2.24) is 24.5 Å². The van der Waals surface area contributed by atoms with Crippen LogP contribution in [0.25, 0.3) is 22.5 Å². The second-order valence-corrected chi connectivity index (χ2v) is 6.07. The van der Waals surface area contributed by atoms with E-state index in [1.807, 2.05) is 41.8 Å².